The molecule has 0 aliphatic heterocycles. The van der Waals surface area contributed by atoms with Crippen LogP contribution in [0.3, 0.4) is 0 Å². The van der Waals surface area contributed by atoms with Crippen molar-refractivity contribution in [1.29, 1.82) is 0 Å². The lowest BCUT2D eigenvalue weighted by Crippen LogP contribution is -2.09. The van der Waals surface area contributed by atoms with E-state index in [2.05, 4.69) is 0 Å². The summed E-state index contributed by atoms with van der Waals surface area (Å²) in [6.07, 6.45) is -0.161. The summed E-state index contributed by atoms with van der Waals surface area (Å²) in [6, 6.07) is 15.5. The van der Waals surface area contributed by atoms with E-state index in [1.807, 2.05) is 55.5 Å². The fourth-order valence-corrected chi connectivity index (χ4v) is 2.01. The lowest BCUT2D eigenvalue weighted by Gasteiger charge is -2.17. The van der Waals surface area contributed by atoms with Crippen LogP contribution in [0.4, 0.5) is 0 Å². The first kappa shape index (κ1) is 13.3. The maximum atomic E-state index is 5.97. The fourth-order valence-electron chi connectivity index (χ4n) is 1.65. The number of alkyl halides is 1. The summed E-state index contributed by atoms with van der Waals surface area (Å²) >= 11 is 11.8. The van der Waals surface area contributed by atoms with Crippen molar-refractivity contribution in [3.63, 3.8) is 0 Å². The van der Waals surface area contributed by atoms with Gasteiger partial charge in [-0.1, -0.05) is 41.4 Å². The van der Waals surface area contributed by atoms with Crippen LogP contribution in [0.5, 0.6) is 5.75 Å². The van der Waals surface area contributed by atoms with Gasteiger partial charge in [0.15, 0.2) is 0 Å². The highest BCUT2D eigenvalue weighted by molar-refractivity contribution is 6.30. The topological polar surface area (TPSA) is 9.23 Å². The molecule has 0 fully saturated rings. The maximum Gasteiger partial charge on any atom is 0.137 e. The van der Waals surface area contributed by atoms with Crippen LogP contribution in [0.2, 0.25) is 5.02 Å². The Balaban J connectivity index is 2.14. The van der Waals surface area contributed by atoms with E-state index in [1.165, 1.54) is 5.56 Å². The summed E-state index contributed by atoms with van der Waals surface area (Å²) in [5, 5.41) is 0.711. The largest absolute Gasteiger partial charge is 0.484 e. The predicted molar refractivity (Wildman–Crippen MR) is 76.7 cm³/mol. The Kier molecular flexibility index (Phi) is 4.51. The average molecular weight is 281 g/mol. The zero-order valence-electron chi connectivity index (χ0n) is 10.1. The summed E-state index contributed by atoms with van der Waals surface area (Å²) in [7, 11) is 0. The number of hydrogen-bond donors (Lipinski definition) is 0. The van der Waals surface area contributed by atoms with Crippen molar-refractivity contribution >= 4 is 23.2 Å². The molecule has 0 radical (unpaired) electrons. The van der Waals surface area contributed by atoms with E-state index in [-0.39, 0.29) is 6.10 Å². The molecule has 0 N–H and O–H groups in total. The van der Waals surface area contributed by atoms with E-state index in [4.69, 9.17) is 27.9 Å². The minimum absolute atomic E-state index is 0.161. The molecule has 2 rings (SSSR count). The first-order valence-corrected chi connectivity index (χ1v) is 6.65. The molecule has 0 saturated carbocycles. The lowest BCUT2D eigenvalue weighted by atomic mass is 10.1. The monoisotopic (exact) mass is 280 g/mol. The van der Waals surface area contributed by atoms with Crippen molar-refractivity contribution in [3.05, 3.63) is 64.7 Å². The third kappa shape index (κ3) is 3.41. The van der Waals surface area contributed by atoms with Crippen LogP contribution in [-0.4, -0.2) is 5.88 Å². The molecule has 0 saturated heterocycles. The summed E-state index contributed by atoms with van der Waals surface area (Å²) in [4.78, 5) is 0. The Labute approximate surface area is 117 Å². The minimum Gasteiger partial charge on any atom is -0.484 e. The summed E-state index contributed by atoms with van der Waals surface area (Å²) in [6.45, 7) is 2.04. The second kappa shape index (κ2) is 6.12. The second-order valence-electron chi connectivity index (χ2n) is 4.13. The van der Waals surface area contributed by atoms with Gasteiger partial charge in [0, 0.05) is 5.02 Å². The highest BCUT2D eigenvalue weighted by Gasteiger charge is 2.11. The van der Waals surface area contributed by atoms with Crippen molar-refractivity contribution in [1.82, 2.24) is 0 Å². The first-order valence-electron chi connectivity index (χ1n) is 5.74. The second-order valence-corrected chi connectivity index (χ2v) is 4.87. The number of aryl methyl sites for hydroxylation is 1. The quantitative estimate of drug-likeness (QED) is 0.716. The van der Waals surface area contributed by atoms with E-state index in [1.54, 1.807) is 0 Å². The van der Waals surface area contributed by atoms with Gasteiger partial charge in [-0.25, -0.2) is 0 Å². The predicted octanol–water partition coefficient (Wildman–Crippen LogP) is 5.01. The molecule has 0 aliphatic rings. The van der Waals surface area contributed by atoms with E-state index in [9.17, 15) is 0 Å². The zero-order valence-corrected chi connectivity index (χ0v) is 11.6. The molecule has 2 aromatic rings. The van der Waals surface area contributed by atoms with Crippen LogP contribution in [0.1, 0.15) is 17.2 Å². The Morgan fingerprint density at radius 3 is 2.17 bits per heavy atom. The van der Waals surface area contributed by atoms with Gasteiger partial charge < -0.3 is 4.74 Å². The van der Waals surface area contributed by atoms with Gasteiger partial charge in [0.1, 0.15) is 11.9 Å². The highest BCUT2D eigenvalue weighted by Crippen LogP contribution is 2.24. The van der Waals surface area contributed by atoms with Gasteiger partial charge >= 0.3 is 0 Å². The normalized spacial score (nSPS) is 12.2. The fraction of sp³-hybridized carbons (Fsp3) is 0.200. The van der Waals surface area contributed by atoms with Gasteiger partial charge in [0.05, 0.1) is 5.88 Å². The van der Waals surface area contributed by atoms with Gasteiger partial charge in [-0.2, -0.15) is 0 Å². The number of hydrogen-bond acceptors (Lipinski definition) is 1. The molecule has 1 nitrogen and oxygen atoms in total. The smallest absolute Gasteiger partial charge is 0.137 e. The average Bonchev–Trinajstić information content (AvgIpc) is 2.39. The Morgan fingerprint density at radius 2 is 1.61 bits per heavy atom. The molecule has 0 amide bonds. The van der Waals surface area contributed by atoms with Crippen molar-refractivity contribution in [2.75, 3.05) is 5.88 Å². The SMILES string of the molecule is Cc1ccc(O[C@@H](CCl)c2ccc(Cl)cc2)cc1. The molecule has 0 aromatic heterocycles. The summed E-state index contributed by atoms with van der Waals surface area (Å²) in [5.41, 5.74) is 2.23. The number of benzene rings is 2. The van der Waals surface area contributed by atoms with Crippen LogP contribution >= 0.6 is 23.2 Å². The Hall–Kier alpha value is -1.18. The molecule has 0 aliphatic carbocycles. The van der Waals surface area contributed by atoms with Crippen molar-refractivity contribution in [2.24, 2.45) is 0 Å². The molecule has 18 heavy (non-hydrogen) atoms. The lowest BCUT2D eigenvalue weighted by molar-refractivity contribution is 0.230. The highest BCUT2D eigenvalue weighted by atomic mass is 35.5. The van der Waals surface area contributed by atoms with Crippen LogP contribution < -0.4 is 4.74 Å². The molecule has 0 heterocycles. The molecule has 3 heteroatoms. The number of halogens is 2. The third-order valence-electron chi connectivity index (χ3n) is 2.68. The van der Waals surface area contributed by atoms with Crippen LogP contribution in [0.25, 0.3) is 0 Å². The Bertz CT molecular complexity index is 491. The van der Waals surface area contributed by atoms with E-state index >= 15 is 0 Å². The van der Waals surface area contributed by atoms with Crippen molar-refractivity contribution in [2.45, 2.75) is 13.0 Å². The number of ether oxygens (including phenoxy) is 1. The molecular formula is C15H14Cl2O. The van der Waals surface area contributed by atoms with Gasteiger partial charge in [0.2, 0.25) is 0 Å². The van der Waals surface area contributed by atoms with Crippen LogP contribution in [0.15, 0.2) is 48.5 Å². The molecule has 1 atom stereocenters. The van der Waals surface area contributed by atoms with E-state index in [0.29, 0.717) is 10.9 Å². The van der Waals surface area contributed by atoms with Crippen molar-refractivity contribution in [3.8, 4) is 5.75 Å². The van der Waals surface area contributed by atoms with Gasteiger partial charge in [-0.3, -0.25) is 0 Å². The summed E-state index contributed by atoms with van der Waals surface area (Å²) < 4.78 is 5.87. The third-order valence-corrected chi connectivity index (χ3v) is 3.21. The number of rotatable bonds is 4. The minimum atomic E-state index is -0.161. The van der Waals surface area contributed by atoms with E-state index in [0.717, 1.165) is 11.3 Å². The molecular weight excluding hydrogens is 267 g/mol. The first-order chi connectivity index (χ1) is 8.69. The van der Waals surface area contributed by atoms with Crippen LogP contribution in [0, 0.1) is 6.92 Å². The Morgan fingerprint density at radius 1 is 1.00 bits per heavy atom. The molecule has 0 bridgehead atoms. The molecule has 0 unspecified atom stereocenters. The molecule has 94 valence electrons. The van der Waals surface area contributed by atoms with Gasteiger partial charge in [-0.05, 0) is 36.8 Å². The van der Waals surface area contributed by atoms with Gasteiger partial charge in [-0.15, -0.1) is 11.6 Å². The van der Waals surface area contributed by atoms with Gasteiger partial charge in [0.25, 0.3) is 0 Å². The van der Waals surface area contributed by atoms with E-state index < -0.39 is 0 Å². The zero-order chi connectivity index (χ0) is 13.0. The summed E-state index contributed by atoms with van der Waals surface area (Å²) in [5.74, 6) is 1.22. The van der Waals surface area contributed by atoms with Crippen molar-refractivity contribution < 1.29 is 4.74 Å². The molecule has 2 aromatic carbocycles. The maximum absolute atomic E-state index is 5.97. The molecule has 0 spiro atoms. The van der Waals surface area contributed by atoms with Crippen LogP contribution in [-0.2, 0) is 0 Å². The standard InChI is InChI=1S/C15H14Cl2O/c1-11-2-8-14(9-3-11)18-15(10-16)12-4-6-13(17)7-5-12/h2-9,15H,10H2,1H3/t15-/m0/s1.